The number of carbonyl (C=O) groups excluding carboxylic acids is 1. The molecular formula is C19H18N4O2. The molecule has 126 valence electrons. The van der Waals surface area contributed by atoms with Crippen molar-refractivity contribution in [3.63, 3.8) is 0 Å². The predicted molar refractivity (Wildman–Crippen MR) is 93.0 cm³/mol. The first-order valence-electron chi connectivity index (χ1n) is 8.25. The first kappa shape index (κ1) is 15.5. The Balaban J connectivity index is 1.54. The third-order valence-corrected chi connectivity index (χ3v) is 4.68. The summed E-state index contributed by atoms with van der Waals surface area (Å²) in [5.74, 6) is 1.37. The van der Waals surface area contributed by atoms with E-state index in [1.54, 1.807) is 17.1 Å². The third-order valence-electron chi connectivity index (χ3n) is 4.68. The Morgan fingerprint density at radius 2 is 2.36 bits per heavy atom. The third kappa shape index (κ3) is 2.91. The summed E-state index contributed by atoms with van der Waals surface area (Å²) in [7, 11) is 1.82. The van der Waals surface area contributed by atoms with E-state index in [4.69, 9.17) is 4.52 Å². The molecule has 4 rings (SSSR count). The zero-order valence-electron chi connectivity index (χ0n) is 14.0. The van der Waals surface area contributed by atoms with Crippen molar-refractivity contribution in [3.8, 4) is 11.4 Å². The number of aryl methyl sites for hydroxylation is 2. The first-order valence-corrected chi connectivity index (χ1v) is 8.25. The van der Waals surface area contributed by atoms with E-state index in [1.165, 1.54) is 17.2 Å². The number of hydrogen-bond acceptors (Lipinski definition) is 5. The monoisotopic (exact) mass is 334 g/mol. The molecule has 0 saturated carbocycles. The summed E-state index contributed by atoms with van der Waals surface area (Å²) < 4.78 is 6.74. The van der Waals surface area contributed by atoms with Crippen LogP contribution in [0.2, 0.25) is 0 Å². The molecule has 0 radical (unpaired) electrons. The molecule has 25 heavy (non-hydrogen) atoms. The number of aromatic nitrogens is 4. The zero-order chi connectivity index (χ0) is 17.4. The number of Topliss-reactive ketones (excluding diaryl/α,β-unsaturated/α-hetero) is 1. The highest BCUT2D eigenvalue weighted by Gasteiger charge is 2.26. The van der Waals surface area contributed by atoms with Gasteiger partial charge in [-0.05, 0) is 42.0 Å². The Labute approximate surface area is 145 Å². The van der Waals surface area contributed by atoms with Crippen molar-refractivity contribution < 1.29 is 9.32 Å². The lowest BCUT2D eigenvalue weighted by Crippen LogP contribution is -2.04. The molecule has 2 heterocycles. The summed E-state index contributed by atoms with van der Waals surface area (Å²) in [5.41, 5.74) is 4.10. The lowest BCUT2D eigenvalue weighted by Gasteiger charge is -2.10. The fourth-order valence-electron chi connectivity index (χ4n) is 3.40. The summed E-state index contributed by atoms with van der Waals surface area (Å²) in [6, 6.07) is 6.17. The van der Waals surface area contributed by atoms with Gasteiger partial charge >= 0.3 is 0 Å². The van der Waals surface area contributed by atoms with Gasteiger partial charge in [0.15, 0.2) is 5.78 Å². The SMILES string of the molecule is C=Cc1nc(-c2ccc3c(c2)CC[C@H]3CC(=O)c2cnn(C)c2)no1. The summed E-state index contributed by atoms with van der Waals surface area (Å²) >= 11 is 0. The van der Waals surface area contributed by atoms with Crippen LogP contribution in [0.15, 0.2) is 41.7 Å². The summed E-state index contributed by atoms with van der Waals surface area (Å²) in [4.78, 5) is 16.7. The molecule has 1 atom stereocenters. The molecule has 0 N–H and O–H groups in total. The number of fused-ring (bicyclic) bond motifs is 1. The zero-order valence-corrected chi connectivity index (χ0v) is 14.0. The molecule has 0 aliphatic heterocycles. The van der Waals surface area contributed by atoms with E-state index in [9.17, 15) is 4.79 Å². The van der Waals surface area contributed by atoms with Gasteiger partial charge in [-0.15, -0.1) is 0 Å². The van der Waals surface area contributed by atoms with Crippen LogP contribution in [0.1, 0.15) is 46.1 Å². The molecular weight excluding hydrogens is 316 g/mol. The molecule has 2 aromatic heterocycles. The van der Waals surface area contributed by atoms with Crippen molar-refractivity contribution in [1.82, 2.24) is 19.9 Å². The Hall–Kier alpha value is -3.02. The maximum atomic E-state index is 12.5. The fraction of sp³-hybridized carbons (Fsp3) is 0.263. The summed E-state index contributed by atoms with van der Waals surface area (Å²) in [5, 5.41) is 8.05. The Kier molecular flexibility index (Phi) is 3.80. The van der Waals surface area contributed by atoms with Crippen LogP contribution >= 0.6 is 0 Å². The van der Waals surface area contributed by atoms with Crippen LogP contribution in [0.5, 0.6) is 0 Å². The van der Waals surface area contributed by atoms with Gasteiger partial charge in [-0.2, -0.15) is 10.1 Å². The van der Waals surface area contributed by atoms with Gasteiger partial charge in [0, 0.05) is 25.2 Å². The quantitative estimate of drug-likeness (QED) is 0.668. The van der Waals surface area contributed by atoms with Gasteiger partial charge in [0.25, 0.3) is 0 Å². The molecule has 1 aliphatic rings. The number of nitrogens with zero attached hydrogens (tertiary/aromatic N) is 4. The highest BCUT2D eigenvalue weighted by atomic mass is 16.5. The molecule has 6 nitrogen and oxygen atoms in total. The molecule has 0 fully saturated rings. The minimum absolute atomic E-state index is 0.142. The van der Waals surface area contributed by atoms with Crippen LogP contribution in [0.3, 0.4) is 0 Å². The predicted octanol–water partition coefficient (Wildman–Crippen LogP) is 3.42. The smallest absolute Gasteiger partial charge is 0.250 e. The second-order valence-corrected chi connectivity index (χ2v) is 6.34. The standard InChI is InChI=1S/C19H18N4O2/c1-3-18-21-19(22-25-18)14-6-7-16-12(8-14)4-5-13(16)9-17(24)15-10-20-23(2)11-15/h3,6-8,10-11,13H,1,4-5,9H2,2H3/t13-/m0/s1. The van der Waals surface area contributed by atoms with Crippen molar-refractivity contribution in [2.75, 3.05) is 0 Å². The molecule has 3 aromatic rings. The maximum Gasteiger partial charge on any atom is 0.250 e. The average molecular weight is 334 g/mol. The second-order valence-electron chi connectivity index (χ2n) is 6.34. The van der Waals surface area contributed by atoms with Gasteiger partial charge in [-0.25, -0.2) is 0 Å². The fourth-order valence-corrected chi connectivity index (χ4v) is 3.40. The van der Waals surface area contributed by atoms with Crippen LogP contribution < -0.4 is 0 Å². The highest BCUT2D eigenvalue weighted by Crippen LogP contribution is 2.38. The Bertz CT molecular complexity index is 954. The van der Waals surface area contributed by atoms with Gasteiger partial charge in [-0.1, -0.05) is 23.9 Å². The average Bonchev–Trinajstić information content (AvgIpc) is 3.34. The molecule has 6 heteroatoms. The van der Waals surface area contributed by atoms with Crippen LogP contribution in [0.4, 0.5) is 0 Å². The lowest BCUT2D eigenvalue weighted by molar-refractivity contribution is 0.0973. The second kappa shape index (κ2) is 6.12. The minimum Gasteiger partial charge on any atom is -0.334 e. The van der Waals surface area contributed by atoms with Crippen LogP contribution in [0, 0.1) is 0 Å². The van der Waals surface area contributed by atoms with E-state index >= 15 is 0 Å². The van der Waals surface area contributed by atoms with Crippen molar-refractivity contribution in [2.45, 2.75) is 25.2 Å². The number of benzene rings is 1. The van der Waals surface area contributed by atoms with E-state index in [-0.39, 0.29) is 11.7 Å². The van der Waals surface area contributed by atoms with E-state index in [2.05, 4.69) is 34.0 Å². The molecule has 1 aliphatic carbocycles. The van der Waals surface area contributed by atoms with Crippen molar-refractivity contribution in [3.05, 3.63) is 59.8 Å². The van der Waals surface area contributed by atoms with Crippen LogP contribution in [0.25, 0.3) is 17.5 Å². The van der Waals surface area contributed by atoms with Gasteiger partial charge in [0.05, 0.1) is 11.8 Å². The van der Waals surface area contributed by atoms with Crippen molar-refractivity contribution in [1.29, 1.82) is 0 Å². The van der Waals surface area contributed by atoms with Gasteiger partial charge in [0.1, 0.15) is 0 Å². The van der Waals surface area contributed by atoms with E-state index < -0.39 is 0 Å². The van der Waals surface area contributed by atoms with Crippen molar-refractivity contribution in [2.24, 2.45) is 7.05 Å². The van der Waals surface area contributed by atoms with Gasteiger partial charge in [-0.3, -0.25) is 9.48 Å². The van der Waals surface area contributed by atoms with E-state index in [0.29, 0.717) is 23.7 Å². The summed E-state index contributed by atoms with van der Waals surface area (Å²) in [6.45, 7) is 3.63. The largest absolute Gasteiger partial charge is 0.334 e. The first-order chi connectivity index (χ1) is 12.1. The Morgan fingerprint density at radius 3 is 3.08 bits per heavy atom. The van der Waals surface area contributed by atoms with Gasteiger partial charge in [0.2, 0.25) is 11.7 Å². The number of carbonyl (C=O) groups is 1. The van der Waals surface area contributed by atoms with Gasteiger partial charge < -0.3 is 4.52 Å². The highest BCUT2D eigenvalue weighted by molar-refractivity contribution is 5.96. The Morgan fingerprint density at radius 1 is 1.48 bits per heavy atom. The van der Waals surface area contributed by atoms with Crippen LogP contribution in [-0.4, -0.2) is 25.7 Å². The molecule has 0 saturated heterocycles. The maximum absolute atomic E-state index is 12.5. The number of rotatable bonds is 5. The normalized spacial score (nSPS) is 16.0. The van der Waals surface area contributed by atoms with E-state index in [0.717, 1.165) is 18.4 Å². The van der Waals surface area contributed by atoms with E-state index in [1.807, 2.05) is 13.1 Å². The number of ketones is 1. The van der Waals surface area contributed by atoms with Crippen molar-refractivity contribution >= 4 is 11.9 Å². The summed E-state index contributed by atoms with van der Waals surface area (Å²) in [6.07, 6.45) is 7.39. The molecule has 0 amide bonds. The minimum atomic E-state index is 0.142. The lowest BCUT2D eigenvalue weighted by atomic mass is 9.93. The molecule has 0 spiro atoms. The molecule has 0 bridgehead atoms. The topological polar surface area (TPSA) is 73.8 Å². The molecule has 1 aromatic carbocycles. The number of hydrogen-bond donors (Lipinski definition) is 0. The van der Waals surface area contributed by atoms with Crippen LogP contribution in [-0.2, 0) is 13.5 Å². The molecule has 0 unspecified atom stereocenters.